The van der Waals surface area contributed by atoms with Gasteiger partial charge in [-0.25, -0.2) is 0 Å². The van der Waals surface area contributed by atoms with Gasteiger partial charge in [0.25, 0.3) is 5.82 Å². The van der Waals surface area contributed by atoms with Crippen LogP contribution in [0.5, 0.6) is 0 Å². The monoisotopic (exact) mass is 493 g/mol. The summed E-state index contributed by atoms with van der Waals surface area (Å²) in [6, 6.07) is 3.16. The number of amides is 1. The number of hydrogen-bond donors (Lipinski definition) is 1. The maximum absolute atomic E-state index is 13.2. The van der Waals surface area contributed by atoms with Crippen LogP contribution < -0.4 is 10.2 Å². The number of aromatic nitrogens is 4. The molecular formula is C24H34F3N7O. The molecule has 1 N–H and O–H groups in total. The molecule has 2 aromatic rings. The zero-order valence-corrected chi connectivity index (χ0v) is 20.1. The summed E-state index contributed by atoms with van der Waals surface area (Å²) in [5.74, 6) is -0.673. The summed E-state index contributed by atoms with van der Waals surface area (Å²) in [6.45, 7) is 4.12. The SMILES string of the molecule is O=C(NCC1(N2CCCCC2)CCCCC1)C1CCN(c2ccc3nnc(C(F)(F)F)n3n2)CC1. The van der Waals surface area contributed by atoms with Crippen molar-refractivity contribution in [1.82, 2.24) is 30.0 Å². The second-order valence-corrected chi connectivity index (χ2v) is 10.3. The van der Waals surface area contributed by atoms with Crippen LogP contribution in [-0.4, -0.2) is 68.9 Å². The number of piperidine rings is 2. The number of fused-ring (bicyclic) bond motifs is 1. The number of carbonyl (C=O) groups is 1. The zero-order valence-electron chi connectivity index (χ0n) is 20.1. The first-order chi connectivity index (χ1) is 16.9. The molecule has 3 fully saturated rings. The Labute approximate surface area is 203 Å². The molecule has 8 nitrogen and oxygen atoms in total. The van der Waals surface area contributed by atoms with Gasteiger partial charge in [-0.1, -0.05) is 25.7 Å². The maximum atomic E-state index is 13.2. The summed E-state index contributed by atoms with van der Waals surface area (Å²) in [4.78, 5) is 17.7. The molecule has 3 aliphatic rings. The van der Waals surface area contributed by atoms with E-state index in [1.54, 1.807) is 6.07 Å². The van der Waals surface area contributed by atoms with Crippen molar-refractivity contribution in [2.24, 2.45) is 5.92 Å². The van der Waals surface area contributed by atoms with E-state index in [2.05, 4.69) is 25.5 Å². The maximum Gasteiger partial charge on any atom is 0.453 e. The van der Waals surface area contributed by atoms with Gasteiger partial charge in [0.05, 0.1) is 0 Å². The molecule has 0 bridgehead atoms. The van der Waals surface area contributed by atoms with E-state index < -0.39 is 12.0 Å². The van der Waals surface area contributed by atoms with Crippen molar-refractivity contribution in [2.45, 2.75) is 75.9 Å². The summed E-state index contributed by atoms with van der Waals surface area (Å²) >= 11 is 0. The van der Waals surface area contributed by atoms with Gasteiger partial charge in [-0.2, -0.15) is 17.7 Å². The van der Waals surface area contributed by atoms with E-state index in [1.165, 1.54) is 44.6 Å². The number of nitrogens with one attached hydrogen (secondary N) is 1. The van der Waals surface area contributed by atoms with E-state index in [1.807, 2.05) is 4.90 Å². The summed E-state index contributed by atoms with van der Waals surface area (Å²) < 4.78 is 40.3. The van der Waals surface area contributed by atoms with Crippen molar-refractivity contribution < 1.29 is 18.0 Å². The molecule has 2 saturated heterocycles. The quantitative estimate of drug-likeness (QED) is 0.685. The molecule has 0 unspecified atom stereocenters. The number of halogens is 3. The molecule has 35 heavy (non-hydrogen) atoms. The van der Waals surface area contributed by atoms with E-state index in [0.29, 0.717) is 31.7 Å². The molecule has 2 aliphatic heterocycles. The number of nitrogens with zero attached hydrogens (tertiary/aromatic N) is 6. The highest BCUT2D eigenvalue weighted by molar-refractivity contribution is 5.79. The van der Waals surface area contributed by atoms with E-state index >= 15 is 0 Å². The Kier molecular flexibility index (Phi) is 6.87. The van der Waals surface area contributed by atoms with Crippen molar-refractivity contribution in [1.29, 1.82) is 0 Å². The zero-order chi connectivity index (χ0) is 24.5. The summed E-state index contributed by atoms with van der Waals surface area (Å²) in [5, 5.41) is 14.2. The number of likely N-dealkylation sites (tertiary alicyclic amines) is 1. The molecule has 1 amide bonds. The van der Waals surface area contributed by atoms with Crippen LogP contribution in [0.2, 0.25) is 0 Å². The van der Waals surface area contributed by atoms with Crippen LogP contribution in [0.3, 0.4) is 0 Å². The number of carbonyl (C=O) groups excluding carboxylic acids is 1. The standard InChI is InChI=1S/C24H34F3N7O/c25-24(26,27)22-30-29-19-7-8-20(31-34(19)22)32-15-9-18(10-16-32)21(35)28-17-23(11-3-1-4-12-23)33-13-5-2-6-14-33/h7-8,18H,1-6,9-17H2,(H,28,35). The number of alkyl halides is 3. The van der Waals surface area contributed by atoms with Gasteiger partial charge in [-0.3, -0.25) is 9.69 Å². The molecule has 11 heteroatoms. The largest absolute Gasteiger partial charge is 0.453 e. The average molecular weight is 494 g/mol. The Balaban J connectivity index is 1.19. The van der Waals surface area contributed by atoms with E-state index in [0.717, 1.165) is 37.0 Å². The van der Waals surface area contributed by atoms with E-state index in [9.17, 15) is 18.0 Å². The molecule has 192 valence electrons. The summed E-state index contributed by atoms with van der Waals surface area (Å²) in [6.07, 6.45) is 6.50. The lowest BCUT2D eigenvalue weighted by molar-refractivity contribution is -0.146. The lowest BCUT2D eigenvalue weighted by Crippen LogP contribution is -2.58. The molecule has 1 saturated carbocycles. The Hall–Kier alpha value is -2.43. The molecule has 2 aromatic heterocycles. The predicted molar refractivity (Wildman–Crippen MR) is 125 cm³/mol. The third-order valence-corrected chi connectivity index (χ3v) is 8.09. The van der Waals surface area contributed by atoms with Crippen LogP contribution in [0.25, 0.3) is 5.65 Å². The molecule has 0 radical (unpaired) electrons. The van der Waals surface area contributed by atoms with Crippen molar-refractivity contribution in [3.63, 3.8) is 0 Å². The van der Waals surface area contributed by atoms with Crippen molar-refractivity contribution in [2.75, 3.05) is 37.6 Å². The van der Waals surface area contributed by atoms with Gasteiger partial charge in [0.15, 0.2) is 5.65 Å². The van der Waals surface area contributed by atoms with Crippen LogP contribution in [0, 0.1) is 5.92 Å². The normalized spacial score (nSPS) is 22.4. The van der Waals surface area contributed by atoms with Gasteiger partial charge in [0.2, 0.25) is 5.91 Å². The third-order valence-electron chi connectivity index (χ3n) is 8.09. The fourth-order valence-corrected chi connectivity index (χ4v) is 6.07. The van der Waals surface area contributed by atoms with E-state index in [-0.39, 0.29) is 23.0 Å². The third kappa shape index (κ3) is 5.10. The number of hydrogen-bond acceptors (Lipinski definition) is 6. The van der Waals surface area contributed by atoms with Crippen LogP contribution >= 0.6 is 0 Å². The molecule has 0 aromatic carbocycles. The second-order valence-electron chi connectivity index (χ2n) is 10.3. The molecule has 5 rings (SSSR count). The Morgan fingerprint density at radius 2 is 1.66 bits per heavy atom. The first kappa shape index (κ1) is 24.3. The van der Waals surface area contributed by atoms with Gasteiger partial charge >= 0.3 is 6.18 Å². The average Bonchev–Trinajstić information content (AvgIpc) is 3.33. The van der Waals surface area contributed by atoms with Crippen LogP contribution in [-0.2, 0) is 11.0 Å². The van der Waals surface area contributed by atoms with Crippen LogP contribution in [0.15, 0.2) is 12.1 Å². The lowest BCUT2D eigenvalue weighted by atomic mass is 9.79. The van der Waals surface area contributed by atoms with Crippen LogP contribution in [0.1, 0.15) is 70.0 Å². The smallest absolute Gasteiger partial charge is 0.355 e. The van der Waals surface area contributed by atoms with Crippen molar-refractivity contribution in [3.05, 3.63) is 18.0 Å². The highest BCUT2D eigenvalue weighted by Gasteiger charge is 2.40. The second kappa shape index (κ2) is 9.91. The highest BCUT2D eigenvalue weighted by Crippen LogP contribution is 2.35. The first-order valence-electron chi connectivity index (χ1n) is 12.9. The molecule has 1 aliphatic carbocycles. The minimum Gasteiger partial charge on any atom is -0.355 e. The number of rotatable bonds is 5. The van der Waals surface area contributed by atoms with Crippen molar-refractivity contribution >= 4 is 17.4 Å². The molecular weight excluding hydrogens is 459 g/mol. The fraction of sp³-hybridized carbons (Fsp3) is 0.750. The topological polar surface area (TPSA) is 78.7 Å². The van der Waals surface area contributed by atoms with E-state index in [4.69, 9.17) is 0 Å². The van der Waals surface area contributed by atoms with Gasteiger partial charge < -0.3 is 10.2 Å². The van der Waals surface area contributed by atoms with Gasteiger partial charge in [0, 0.05) is 31.1 Å². The minimum absolute atomic E-state index is 0.0562. The highest BCUT2D eigenvalue weighted by atomic mass is 19.4. The fourth-order valence-electron chi connectivity index (χ4n) is 6.07. The first-order valence-corrected chi connectivity index (χ1v) is 12.9. The van der Waals surface area contributed by atoms with Gasteiger partial charge in [-0.15, -0.1) is 15.3 Å². The molecule has 4 heterocycles. The number of anilines is 1. The summed E-state index contributed by atoms with van der Waals surface area (Å²) in [7, 11) is 0. The Morgan fingerprint density at radius 1 is 0.971 bits per heavy atom. The predicted octanol–water partition coefficient (Wildman–Crippen LogP) is 3.66. The minimum atomic E-state index is -4.62. The molecule has 0 spiro atoms. The van der Waals surface area contributed by atoms with Gasteiger partial charge in [0.1, 0.15) is 5.82 Å². The Bertz CT molecular complexity index is 1020. The van der Waals surface area contributed by atoms with Crippen LogP contribution in [0.4, 0.5) is 19.0 Å². The van der Waals surface area contributed by atoms with Gasteiger partial charge in [-0.05, 0) is 63.7 Å². The Morgan fingerprint density at radius 3 is 2.34 bits per heavy atom. The summed E-state index contributed by atoms with van der Waals surface area (Å²) in [5.41, 5.74) is 0.157. The lowest BCUT2D eigenvalue weighted by Gasteiger charge is -2.48. The van der Waals surface area contributed by atoms with Crippen molar-refractivity contribution in [3.8, 4) is 0 Å². The molecule has 0 atom stereocenters.